The van der Waals surface area contributed by atoms with E-state index in [1.807, 2.05) is 48.9 Å². The summed E-state index contributed by atoms with van der Waals surface area (Å²) in [4.78, 5) is 28.7. The first-order valence-corrected chi connectivity index (χ1v) is 8.26. The smallest absolute Gasteiger partial charge is 0.267 e. The van der Waals surface area contributed by atoms with Gasteiger partial charge >= 0.3 is 0 Å². The Hall–Kier alpha value is -2.96. The summed E-state index contributed by atoms with van der Waals surface area (Å²) in [5.41, 5.74) is 2.09. The summed E-state index contributed by atoms with van der Waals surface area (Å²) in [5.74, 6) is -0.341. The zero-order chi connectivity index (χ0) is 17.8. The highest BCUT2D eigenvalue weighted by Gasteiger charge is 2.26. The Morgan fingerprint density at radius 3 is 2.92 bits per heavy atom. The van der Waals surface area contributed by atoms with Gasteiger partial charge in [-0.05, 0) is 31.5 Å². The highest BCUT2D eigenvalue weighted by atomic mass is 16.2. The van der Waals surface area contributed by atoms with Crippen LogP contribution in [0.3, 0.4) is 0 Å². The average molecular weight is 339 g/mol. The third-order valence-electron chi connectivity index (χ3n) is 3.96. The summed E-state index contributed by atoms with van der Waals surface area (Å²) < 4.78 is 1.90. The molecule has 2 aromatic rings. The van der Waals surface area contributed by atoms with Crippen molar-refractivity contribution in [3.8, 4) is 0 Å². The van der Waals surface area contributed by atoms with Gasteiger partial charge in [-0.2, -0.15) is 5.10 Å². The van der Waals surface area contributed by atoms with E-state index in [-0.39, 0.29) is 24.3 Å². The molecule has 130 valence electrons. The van der Waals surface area contributed by atoms with Crippen LogP contribution in [0.4, 0.5) is 5.69 Å². The van der Waals surface area contributed by atoms with Gasteiger partial charge in [0.05, 0.1) is 12.0 Å². The number of aryl methyl sites for hydroxylation is 1. The van der Waals surface area contributed by atoms with E-state index in [0.717, 1.165) is 5.56 Å². The monoisotopic (exact) mass is 339 g/mol. The second kappa shape index (κ2) is 7.29. The van der Waals surface area contributed by atoms with Gasteiger partial charge in [-0.1, -0.05) is 12.1 Å². The molecule has 0 aliphatic carbocycles. The number of hydrogen-bond acceptors (Lipinski definition) is 4. The molecule has 2 heterocycles. The summed E-state index contributed by atoms with van der Waals surface area (Å²) >= 11 is 0. The number of carbonyl (C=O) groups excluding carboxylic acids is 2. The number of benzene rings is 1. The number of nitrogens with one attached hydrogen (secondary N) is 1. The molecule has 0 spiro atoms. The van der Waals surface area contributed by atoms with Crippen molar-refractivity contribution in [3.63, 3.8) is 0 Å². The highest BCUT2D eigenvalue weighted by Crippen LogP contribution is 2.21. The summed E-state index contributed by atoms with van der Waals surface area (Å²) in [6.07, 6.45) is 5.88. The number of imidazole rings is 1. The molecule has 1 aliphatic rings. The topological polar surface area (TPSA) is 79.6 Å². The molecule has 1 aliphatic heterocycles. The van der Waals surface area contributed by atoms with Crippen LogP contribution in [-0.2, 0) is 16.1 Å². The van der Waals surface area contributed by atoms with E-state index in [1.54, 1.807) is 12.5 Å². The molecule has 0 saturated heterocycles. The van der Waals surface area contributed by atoms with Crippen molar-refractivity contribution in [2.45, 2.75) is 39.3 Å². The number of hydrogen-bond donors (Lipinski definition) is 1. The Morgan fingerprint density at radius 1 is 1.36 bits per heavy atom. The molecule has 0 fully saturated rings. The first-order chi connectivity index (χ1) is 12.0. The second-order valence-corrected chi connectivity index (χ2v) is 6.23. The van der Waals surface area contributed by atoms with Gasteiger partial charge < -0.3 is 9.88 Å². The van der Waals surface area contributed by atoms with Gasteiger partial charge in [0.2, 0.25) is 5.91 Å². The second-order valence-electron chi connectivity index (χ2n) is 6.23. The number of amides is 2. The van der Waals surface area contributed by atoms with Crippen LogP contribution < -0.4 is 10.3 Å². The van der Waals surface area contributed by atoms with Gasteiger partial charge in [-0.25, -0.2) is 9.99 Å². The Morgan fingerprint density at radius 2 is 2.20 bits per heavy atom. The summed E-state index contributed by atoms with van der Waals surface area (Å²) in [7, 11) is 0. The van der Waals surface area contributed by atoms with Crippen molar-refractivity contribution in [3.05, 3.63) is 48.5 Å². The van der Waals surface area contributed by atoms with E-state index in [1.165, 1.54) is 5.01 Å². The predicted octanol–water partition coefficient (Wildman–Crippen LogP) is 1.88. The van der Waals surface area contributed by atoms with Crippen molar-refractivity contribution in [1.82, 2.24) is 14.9 Å². The molecule has 1 aromatic carbocycles. The van der Waals surface area contributed by atoms with Gasteiger partial charge in [-0.3, -0.25) is 9.59 Å². The summed E-state index contributed by atoms with van der Waals surface area (Å²) in [5, 5.41) is 8.55. The van der Waals surface area contributed by atoms with E-state index < -0.39 is 0 Å². The SMILES string of the molecule is Cc1cccc(N2N=C(C(=O)NC(C)Cn3ccnc3)CCC2=O)c1. The molecule has 1 aromatic heterocycles. The van der Waals surface area contributed by atoms with Gasteiger partial charge in [0.1, 0.15) is 5.71 Å². The van der Waals surface area contributed by atoms with Gasteiger partial charge in [0.15, 0.2) is 0 Å². The molecular formula is C18H21N5O2. The standard InChI is InChI=1S/C18H21N5O2/c1-13-4-3-5-15(10-13)23-17(24)7-6-16(21-23)18(25)20-14(2)11-22-9-8-19-12-22/h3-5,8-10,12,14H,6-7,11H2,1-2H3,(H,20,25). The van der Waals surface area contributed by atoms with Crippen LogP contribution in [0.5, 0.6) is 0 Å². The van der Waals surface area contributed by atoms with Gasteiger partial charge in [-0.15, -0.1) is 0 Å². The number of aromatic nitrogens is 2. The van der Waals surface area contributed by atoms with E-state index >= 15 is 0 Å². The zero-order valence-electron chi connectivity index (χ0n) is 14.3. The Balaban J connectivity index is 1.71. The fourth-order valence-corrected chi connectivity index (χ4v) is 2.74. The van der Waals surface area contributed by atoms with Crippen molar-refractivity contribution in [2.24, 2.45) is 5.10 Å². The minimum Gasteiger partial charge on any atom is -0.347 e. The van der Waals surface area contributed by atoms with Crippen LogP contribution >= 0.6 is 0 Å². The van der Waals surface area contributed by atoms with Crippen LogP contribution in [0, 0.1) is 6.92 Å². The lowest BCUT2D eigenvalue weighted by atomic mass is 10.1. The number of hydrazone groups is 1. The van der Waals surface area contributed by atoms with Crippen molar-refractivity contribution < 1.29 is 9.59 Å². The maximum atomic E-state index is 12.5. The third kappa shape index (κ3) is 4.12. The molecule has 25 heavy (non-hydrogen) atoms. The fraction of sp³-hybridized carbons (Fsp3) is 0.333. The number of anilines is 1. The molecule has 1 N–H and O–H groups in total. The van der Waals surface area contributed by atoms with Crippen molar-refractivity contribution in [2.75, 3.05) is 5.01 Å². The number of nitrogens with zero attached hydrogens (tertiary/aromatic N) is 4. The fourth-order valence-electron chi connectivity index (χ4n) is 2.74. The van der Waals surface area contributed by atoms with E-state index in [2.05, 4.69) is 15.4 Å². The van der Waals surface area contributed by atoms with Crippen LogP contribution in [0.25, 0.3) is 0 Å². The lowest BCUT2D eigenvalue weighted by Crippen LogP contribution is -2.43. The molecule has 7 heteroatoms. The normalized spacial score (nSPS) is 15.7. The summed E-state index contributed by atoms with van der Waals surface area (Å²) in [6, 6.07) is 7.44. The predicted molar refractivity (Wildman–Crippen MR) is 95.2 cm³/mol. The van der Waals surface area contributed by atoms with Crippen LogP contribution in [-0.4, -0.2) is 33.1 Å². The third-order valence-corrected chi connectivity index (χ3v) is 3.96. The Bertz CT molecular complexity index is 798. The largest absolute Gasteiger partial charge is 0.347 e. The van der Waals surface area contributed by atoms with E-state index in [9.17, 15) is 9.59 Å². The van der Waals surface area contributed by atoms with E-state index in [0.29, 0.717) is 24.4 Å². The van der Waals surface area contributed by atoms with Crippen LogP contribution in [0.15, 0.2) is 48.1 Å². The number of carbonyl (C=O) groups is 2. The molecule has 7 nitrogen and oxygen atoms in total. The highest BCUT2D eigenvalue weighted by molar-refractivity contribution is 6.40. The minimum atomic E-state index is -0.238. The Labute approximate surface area is 146 Å². The Kier molecular flexibility index (Phi) is 4.92. The van der Waals surface area contributed by atoms with Crippen molar-refractivity contribution >= 4 is 23.2 Å². The van der Waals surface area contributed by atoms with Crippen LogP contribution in [0.2, 0.25) is 0 Å². The van der Waals surface area contributed by atoms with Gasteiger partial charge in [0, 0.05) is 37.8 Å². The molecular weight excluding hydrogens is 318 g/mol. The zero-order valence-corrected chi connectivity index (χ0v) is 14.3. The molecule has 2 amide bonds. The van der Waals surface area contributed by atoms with Crippen molar-refractivity contribution in [1.29, 1.82) is 0 Å². The summed E-state index contributed by atoms with van der Waals surface area (Å²) in [6.45, 7) is 4.50. The first-order valence-electron chi connectivity index (χ1n) is 8.26. The maximum Gasteiger partial charge on any atom is 0.267 e. The van der Waals surface area contributed by atoms with E-state index in [4.69, 9.17) is 0 Å². The maximum absolute atomic E-state index is 12.5. The molecule has 1 unspecified atom stereocenters. The molecule has 0 radical (unpaired) electrons. The molecule has 1 atom stereocenters. The number of rotatable bonds is 5. The van der Waals surface area contributed by atoms with Gasteiger partial charge in [0.25, 0.3) is 5.91 Å². The van der Waals surface area contributed by atoms with Crippen LogP contribution in [0.1, 0.15) is 25.3 Å². The molecule has 0 saturated carbocycles. The quantitative estimate of drug-likeness (QED) is 0.903. The minimum absolute atomic E-state index is 0.0746. The lowest BCUT2D eigenvalue weighted by molar-refractivity contribution is -0.119. The average Bonchev–Trinajstić information content (AvgIpc) is 3.08. The lowest BCUT2D eigenvalue weighted by Gasteiger charge is -2.24. The first kappa shape index (κ1) is 16.9. The molecule has 0 bridgehead atoms. The molecule has 3 rings (SSSR count).